The van der Waals surface area contributed by atoms with Crippen molar-refractivity contribution >= 4 is 6.03 Å². The largest absolute Gasteiger partial charge is 0.497 e. The van der Waals surface area contributed by atoms with Gasteiger partial charge in [0.25, 0.3) is 0 Å². The molecule has 140 valence electrons. The Hall–Kier alpha value is -2.56. The Morgan fingerprint density at radius 1 is 1.19 bits per heavy atom. The van der Waals surface area contributed by atoms with Crippen LogP contribution in [0.2, 0.25) is 0 Å². The molecule has 5 heteroatoms. The van der Waals surface area contributed by atoms with Crippen molar-refractivity contribution in [3.05, 3.63) is 65.5 Å². The number of halogens is 1. The van der Waals surface area contributed by atoms with Gasteiger partial charge in [-0.25, -0.2) is 9.18 Å². The number of urea groups is 1. The van der Waals surface area contributed by atoms with Crippen molar-refractivity contribution in [2.75, 3.05) is 13.7 Å². The van der Waals surface area contributed by atoms with Gasteiger partial charge in [0.1, 0.15) is 11.6 Å². The van der Waals surface area contributed by atoms with E-state index < -0.39 is 0 Å². The smallest absolute Gasteiger partial charge is 0.318 e. The summed E-state index contributed by atoms with van der Waals surface area (Å²) >= 11 is 0. The Morgan fingerprint density at radius 3 is 2.50 bits per heavy atom. The maximum atomic E-state index is 13.1. The number of amides is 2. The van der Waals surface area contributed by atoms with Gasteiger partial charge in [0.2, 0.25) is 0 Å². The van der Waals surface area contributed by atoms with E-state index >= 15 is 0 Å². The lowest BCUT2D eigenvalue weighted by molar-refractivity contribution is 0.179. The van der Waals surface area contributed by atoms with E-state index in [4.69, 9.17) is 4.74 Å². The number of benzene rings is 2. The third kappa shape index (κ3) is 5.22. The van der Waals surface area contributed by atoms with Crippen LogP contribution in [0.5, 0.6) is 5.75 Å². The SMILES string of the molecule is CCN(C(=O)NC(C)Cc1cccc(OC)c1)C(C)c1ccc(F)cc1. The first-order chi connectivity index (χ1) is 12.4. The number of carbonyl (C=O) groups is 1. The van der Waals surface area contributed by atoms with Crippen LogP contribution >= 0.6 is 0 Å². The van der Waals surface area contributed by atoms with Crippen molar-refractivity contribution in [3.8, 4) is 5.75 Å². The van der Waals surface area contributed by atoms with Gasteiger partial charge >= 0.3 is 6.03 Å². The van der Waals surface area contributed by atoms with Crippen molar-refractivity contribution in [2.45, 2.75) is 39.3 Å². The summed E-state index contributed by atoms with van der Waals surface area (Å²) in [5.41, 5.74) is 2.01. The fraction of sp³-hybridized carbons (Fsp3) is 0.381. The van der Waals surface area contributed by atoms with E-state index in [0.717, 1.165) is 16.9 Å². The first-order valence-electron chi connectivity index (χ1n) is 8.90. The molecule has 0 aliphatic heterocycles. The zero-order valence-corrected chi connectivity index (χ0v) is 15.8. The normalized spacial score (nSPS) is 13.0. The molecule has 0 aromatic heterocycles. The van der Waals surface area contributed by atoms with E-state index in [1.807, 2.05) is 45.0 Å². The summed E-state index contributed by atoms with van der Waals surface area (Å²) in [6, 6.07) is 13.8. The average molecular weight is 358 g/mol. The van der Waals surface area contributed by atoms with Crippen LogP contribution in [0.1, 0.15) is 37.9 Å². The number of nitrogens with zero attached hydrogens (tertiary/aromatic N) is 1. The Labute approximate surface area is 155 Å². The van der Waals surface area contributed by atoms with Crippen LogP contribution in [0, 0.1) is 5.82 Å². The number of hydrogen-bond acceptors (Lipinski definition) is 2. The van der Waals surface area contributed by atoms with Gasteiger partial charge in [-0.2, -0.15) is 0 Å². The van der Waals surface area contributed by atoms with Crippen LogP contribution in [-0.4, -0.2) is 30.6 Å². The summed E-state index contributed by atoms with van der Waals surface area (Å²) in [5, 5.41) is 3.05. The third-order valence-electron chi connectivity index (χ3n) is 4.47. The molecule has 2 unspecified atom stereocenters. The zero-order valence-electron chi connectivity index (χ0n) is 15.8. The highest BCUT2D eigenvalue weighted by Gasteiger charge is 2.21. The fourth-order valence-electron chi connectivity index (χ4n) is 3.01. The fourth-order valence-corrected chi connectivity index (χ4v) is 3.01. The molecule has 0 heterocycles. The molecule has 0 bridgehead atoms. The number of nitrogens with one attached hydrogen (secondary N) is 1. The molecule has 0 fully saturated rings. The molecule has 2 aromatic rings. The monoisotopic (exact) mass is 358 g/mol. The van der Waals surface area contributed by atoms with Crippen LogP contribution in [0.15, 0.2) is 48.5 Å². The lowest BCUT2D eigenvalue weighted by Crippen LogP contribution is -2.45. The highest BCUT2D eigenvalue weighted by Crippen LogP contribution is 2.21. The predicted molar refractivity (Wildman–Crippen MR) is 102 cm³/mol. The maximum absolute atomic E-state index is 13.1. The van der Waals surface area contributed by atoms with Gasteiger partial charge in [0.15, 0.2) is 0 Å². The second-order valence-electron chi connectivity index (χ2n) is 6.42. The molecular formula is C21H27FN2O2. The molecule has 2 aromatic carbocycles. The van der Waals surface area contributed by atoms with Gasteiger partial charge < -0.3 is 15.0 Å². The van der Waals surface area contributed by atoms with Gasteiger partial charge in [-0.15, -0.1) is 0 Å². The minimum absolute atomic E-state index is 0.0240. The van der Waals surface area contributed by atoms with E-state index in [9.17, 15) is 9.18 Å². The second kappa shape index (κ2) is 9.22. The van der Waals surface area contributed by atoms with E-state index in [1.54, 1.807) is 24.1 Å². The first-order valence-corrected chi connectivity index (χ1v) is 8.90. The van der Waals surface area contributed by atoms with Crippen molar-refractivity contribution in [1.29, 1.82) is 0 Å². The Morgan fingerprint density at radius 2 is 1.88 bits per heavy atom. The standard InChI is InChI=1S/C21H27FN2O2/c1-5-24(16(3)18-9-11-19(22)12-10-18)21(25)23-15(2)13-17-7-6-8-20(14-17)26-4/h6-12,14-16H,5,13H2,1-4H3,(H,23,25). The van der Waals surface area contributed by atoms with Crippen LogP contribution in [0.3, 0.4) is 0 Å². The molecule has 0 aliphatic carbocycles. The molecule has 0 saturated heterocycles. The number of methoxy groups -OCH3 is 1. The summed E-state index contributed by atoms with van der Waals surface area (Å²) in [5.74, 6) is 0.529. The molecule has 26 heavy (non-hydrogen) atoms. The molecule has 2 rings (SSSR count). The molecule has 4 nitrogen and oxygen atoms in total. The third-order valence-corrected chi connectivity index (χ3v) is 4.47. The summed E-state index contributed by atoms with van der Waals surface area (Å²) in [6.45, 7) is 6.43. The van der Waals surface area contributed by atoms with E-state index in [2.05, 4.69) is 5.32 Å². The van der Waals surface area contributed by atoms with E-state index in [-0.39, 0.29) is 23.9 Å². The Bertz CT molecular complexity index is 718. The highest BCUT2D eigenvalue weighted by molar-refractivity contribution is 5.75. The average Bonchev–Trinajstić information content (AvgIpc) is 2.62. The van der Waals surface area contributed by atoms with Gasteiger partial charge in [-0.3, -0.25) is 0 Å². The van der Waals surface area contributed by atoms with Gasteiger partial charge in [-0.1, -0.05) is 24.3 Å². The minimum atomic E-state index is -0.277. The minimum Gasteiger partial charge on any atom is -0.497 e. The Balaban J connectivity index is 1.99. The zero-order chi connectivity index (χ0) is 19.1. The van der Waals surface area contributed by atoms with Crippen LogP contribution in [0.4, 0.5) is 9.18 Å². The molecule has 2 amide bonds. The number of ether oxygens (including phenoxy) is 1. The number of carbonyl (C=O) groups excluding carboxylic acids is 1. The molecular weight excluding hydrogens is 331 g/mol. The topological polar surface area (TPSA) is 41.6 Å². The molecule has 0 saturated carbocycles. The molecule has 0 radical (unpaired) electrons. The van der Waals surface area contributed by atoms with Gasteiger partial charge in [0.05, 0.1) is 13.2 Å². The van der Waals surface area contributed by atoms with Crippen LogP contribution < -0.4 is 10.1 Å². The van der Waals surface area contributed by atoms with Crippen LogP contribution in [0.25, 0.3) is 0 Å². The molecule has 1 N–H and O–H groups in total. The number of hydrogen-bond donors (Lipinski definition) is 1. The lowest BCUT2D eigenvalue weighted by atomic mass is 10.1. The quantitative estimate of drug-likeness (QED) is 0.788. The maximum Gasteiger partial charge on any atom is 0.318 e. The summed E-state index contributed by atoms with van der Waals surface area (Å²) in [6.07, 6.45) is 0.714. The predicted octanol–water partition coefficient (Wildman–Crippen LogP) is 4.56. The van der Waals surface area contributed by atoms with Gasteiger partial charge in [-0.05, 0) is 62.6 Å². The van der Waals surface area contributed by atoms with Gasteiger partial charge in [0, 0.05) is 12.6 Å². The highest BCUT2D eigenvalue weighted by atomic mass is 19.1. The van der Waals surface area contributed by atoms with Crippen molar-refractivity contribution in [3.63, 3.8) is 0 Å². The summed E-state index contributed by atoms with van der Waals surface area (Å²) in [4.78, 5) is 14.4. The van der Waals surface area contributed by atoms with Crippen molar-refractivity contribution in [2.24, 2.45) is 0 Å². The summed E-state index contributed by atoms with van der Waals surface area (Å²) in [7, 11) is 1.64. The van der Waals surface area contributed by atoms with Crippen molar-refractivity contribution in [1.82, 2.24) is 10.2 Å². The lowest BCUT2D eigenvalue weighted by Gasteiger charge is -2.30. The summed E-state index contributed by atoms with van der Waals surface area (Å²) < 4.78 is 18.4. The molecule has 2 atom stereocenters. The van der Waals surface area contributed by atoms with E-state index in [1.165, 1.54) is 12.1 Å². The Kier molecular flexibility index (Phi) is 7.01. The van der Waals surface area contributed by atoms with Crippen molar-refractivity contribution < 1.29 is 13.9 Å². The molecule has 0 spiro atoms. The first kappa shape index (κ1) is 19.8. The second-order valence-corrected chi connectivity index (χ2v) is 6.42. The number of rotatable bonds is 7. The van der Waals surface area contributed by atoms with Crippen LogP contribution in [-0.2, 0) is 6.42 Å². The molecule has 0 aliphatic rings. The van der Waals surface area contributed by atoms with E-state index in [0.29, 0.717) is 13.0 Å².